The first kappa shape index (κ1) is 28.6. The molecule has 2 atom stereocenters. The van der Waals surface area contributed by atoms with E-state index in [-0.39, 0.29) is 50.6 Å². The standard InChI is InChI=1S/C27H27F3N6O4S2/c28-17-5-6-21(14-17)40-26-23(15-31-36(27(26)37)20-12-18(29)11-19(30)13-20)34-7-9-35(10-8-34)42(38,39)32-16-25-33-22-3-1-2-4-24(22)41-25/h1-4,11-13,15,17,21,32H,5-10,14,16H2. The number of anilines is 1. The topological polar surface area (TPSA) is 110 Å². The average molecular weight is 621 g/mol. The van der Waals surface area contributed by atoms with Crippen LogP contribution in [0.15, 0.2) is 53.5 Å². The molecule has 15 heteroatoms. The lowest BCUT2D eigenvalue weighted by Crippen LogP contribution is -2.52. The summed E-state index contributed by atoms with van der Waals surface area (Å²) in [6.07, 6.45) is 0.556. The molecule has 0 radical (unpaired) electrons. The normalized spacial score (nSPS) is 19.9. The van der Waals surface area contributed by atoms with E-state index in [9.17, 15) is 26.4 Å². The first-order valence-corrected chi connectivity index (χ1v) is 15.7. The second-order valence-corrected chi connectivity index (χ2v) is 13.0. The Bertz CT molecular complexity index is 1720. The van der Waals surface area contributed by atoms with Crippen molar-refractivity contribution < 1.29 is 26.3 Å². The minimum atomic E-state index is -3.82. The van der Waals surface area contributed by atoms with Gasteiger partial charge in [-0.3, -0.25) is 4.79 Å². The third kappa shape index (κ3) is 6.00. The average Bonchev–Trinajstić information content (AvgIpc) is 3.58. The molecule has 6 rings (SSSR count). The lowest BCUT2D eigenvalue weighted by Gasteiger charge is -2.35. The molecule has 0 spiro atoms. The van der Waals surface area contributed by atoms with E-state index in [1.807, 2.05) is 24.3 Å². The summed E-state index contributed by atoms with van der Waals surface area (Å²) < 4.78 is 79.5. The molecule has 10 nitrogen and oxygen atoms in total. The van der Waals surface area contributed by atoms with Crippen LogP contribution in [0.5, 0.6) is 5.75 Å². The van der Waals surface area contributed by atoms with Crippen molar-refractivity contribution in [2.75, 3.05) is 31.1 Å². The van der Waals surface area contributed by atoms with Crippen LogP contribution < -0.4 is 19.9 Å². The molecule has 4 aromatic rings. The Morgan fingerprint density at radius 2 is 1.79 bits per heavy atom. The molecule has 0 bridgehead atoms. The van der Waals surface area contributed by atoms with E-state index < -0.39 is 39.7 Å². The highest BCUT2D eigenvalue weighted by atomic mass is 32.2. The van der Waals surface area contributed by atoms with Crippen molar-refractivity contribution in [2.24, 2.45) is 0 Å². The van der Waals surface area contributed by atoms with Gasteiger partial charge < -0.3 is 9.64 Å². The maximum atomic E-state index is 13.9. The zero-order chi connectivity index (χ0) is 29.4. The Balaban J connectivity index is 1.20. The summed E-state index contributed by atoms with van der Waals surface area (Å²) in [4.78, 5) is 19.8. The predicted octanol–water partition coefficient (Wildman–Crippen LogP) is 3.55. The van der Waals surface area contributed by atoms with E-state index in [1.54, 1.807) is 4.90 Å². The van der Waals surface area contributed by atoms with Crippen molar-refractivity contribution in [3.8, 4) is 11.4 Å². The van der Waals surface area contributed by atoms with Crippen LogP contribution in [0.3, 0.4) is 0 Å². The fraction of sp³-hybridized carbons (Fsp3) is 0.370. The van der Waals surface area contributed by atoms with Crippen LogP contribution in [0.1, 0.15) is 24.3 Å². The van der Waals surface area contributed by atoms with Gasteiger partial charge in [0.15, 0.2) is 0 Å². The fourth-order valence-electron chi connectivity index (χ4n) is 5.18. The summed E-state index contributed by atoms with van der Waals surface area (Å²) in [5.41, 5.74) is 0.224. The highest BCUT2D eigenvalue weighted by Gasteiger charge is 2.32. The van der Waals surface area contributed by atoms with E-state index in [0.29, 0.717) is 29.6 Å². The smallest absolute Gasteiger partial charge is 0.316 e. The number of hydrogen-bond donors (Lipinski definition) is 1. The molecule has 42 heavy (non-hydrogen) atoms. The molecule has 1 aliphatic heterocycles. The van der Waals surface area contributed by atoms with Crippen LogP contribution >= 0.6 is 11.3 Å². The van der Waals surface area contributed by atoms with Gasteiger partial charge in [-0.25, -0.2) is 18.2 Å². The van der Waals surface area contributed by atoms with E-state index in [1.165, 1.54) is 21.8 Å². The number of rotatable bonds is 8. The molecule has 2 aromatic heterocycles. The molecule has 2 aliphatic rings. The summed E-state index contributed by atoms with van der Waals surface area (Å²) in [6.45, 7) is 0.717. The Morgan fingerprint density at radius 3 is 2.48 bits per heavy atom. The molecule has 2 unspecified atom stereocenters. The van der Waals surface area contributed by atoms with Crippen molar-refractivity contribution in [1.29, 1.82) is 0 Å². The molecule has 3 heterocycles. The highest BCUT2D eigenvalue weighted by Crippen LogP contribution is 2.31. The largest absolute Gasteiger partial charge is 0.483 e. The third-order valence-electron chi connectivity index (χ3n) is 7.27. The highest BCUT2D eigenvalue weighted by molar-refractivity contribution is 7.87. The van der Waals surface area contributed by atoms with Gasteiger partial charge in [-0.15, -0.1) is 11.3 Å². The van der Waals surface area contributed by atoms with Crippen LogP contribution in [0.2, 0.25) is 0 Å². The molecule has 1 saturated carbocycles. The lowest BCUT2D eigenvalue weighted by atomic mass is 10.2. The quantitative estimate of drug-likeness (QED) is 0.321. The van der Waals surface area contributed by atoms with Gasteiger partial charge in [-0.1, -0.05) is 12.1 Å². The van der Waals surface area contributed by atoms with E-state index in [2.05, 4.69) is 14.8 Å². The van der Waals surface area contributed by atoms with Crippen molar-refractivity contribution in [2.45, 2.75) is 38.1 Å². The monoisotopic (exact) mass is 620 g/mol. The first-order chi connectivity index (χ1) is 20.2. The Morgan fingerprint density at radius 1 is 1.05 bits per heavy atom. The van der Waals surface area contributed by atoms with Gasteiger partial charge in [0.1, 0.15) is 34.6 Å². The third-order valence-corrected chi connectivity index (χ3v) is 9.87. The molecule has 2 aromatic carbocycles. The molecule has 1 N–H and O–H groups in total. The van der Waals surface area contributed by atoms with Crippen molar-refractivity contribution >= 4 is 37.5 Å². The number of hydrogen-bond acceptors (Lipinski definition) is 8. The second-order valence-electron chi connectivity index (χ2n) is 10.1. The minimum Gasteiger partial charge on any atom is -0.483 e. The number of piperazine rings is 1. The van der Waals surface area contributed by atoms with E-state index in [0.717, 1.165) is 27.0 Å². The van der Waals surface area contributed by atoms with Crippen molar-refractivity contribution in [1.82, 2.24) is 23.8 Å². The van der Waals surface area contributed by atoms with Crippen LogP contribution in [-0.4, -0.2) is 65.9 Å². The molecule has 0 amide bonds. The van der Waals surface area contributed by atoms with Crippen LogP contribution in [0.4, 0.5) is 18.9 Å². The van der Waals surface area contributed by atoms with Gasteiger partial charge in [-0.2, -0.15) is 27.2 Å². The second kappa shape index (κ2) is 11.6. The number of benzene rings is 2. The van der Waals surface area contributed by atoms with Gasteiger partial charge in [0.05, 0.1) is 28.6 Å². The Kier molecular flexibility index (Phi) is 7.91. The number of nitrogens with one attached hydrogen (secondary N) is 1. The summed E-state index contributed by atoms with van der Waals surface area (Å²) in [5.74, 6) is -1.88. The van der Waals surface area contributed by atoms with Gasteiger partial charge in [0, 0.05) is 38.7 Å². The SMILES string of the molecule is O=c1c(OC2CCC(F)C2)c(N2CCN(S(=O)(=O)NCc3nc4ccccc4s3)CC2)cnn1-c1cc(F)cc(F)c1. The lowest BCUT2D eigenvalue weighted by molar-refractivity contribution is 0.193. The molecule has 1 aliphatic carbocycles. The van der Waals surface area contributed by atoms with Gasteiger partial charge in [-0.05, 0) is 37.1 Å². The summed E-state index contributed by atoms with van der Waals surface area (Å²) in [5, 5.41) is 4.78. The minimum absolute atomic E-state index is 0.0552. The number of fused-ring (bicyclic) bond motifs is 1. The molecule has 2 fully saturated rings. The molecular weight excluding hydrogens is 593 g/mol. The molecular formula is C27H27F3N6O4S2. The number of para-hydroxylation sites is 1. The number of ether oxygens (including phenoxy) is 1. The number of nitrogens with zero attached hydrogens (tertiary/aromatic N) is 5. The van der Waals surface area contributed by atoms with Crippen LogP contribution in [-0.2, 0) is 16.8 Å². The van der Waals surface area contributed by atoms with Crippen LogP contribution in [0, 0.1) is 11.6 Å². The number of aromatic nitrogens is 3. The van der Waals surface area contributed by atoms with Crippen LogP contribution in [0.25, 0.3) is 15.9 Å². The maximum absolute atomic E-state index is 13.9. The summed E-state index contributed by atoms with van der Waals surface area (Å²) in [6, 6.07) is 10.2. The zero-order valence-corrected chi connectivity index (χ0v) is 23.9. The summed E-state index contributed by atoms with van der Waals surface area (Å²) >= 11 is 1.42. The van der Waals surface area contributed by atoms with Gasteiger partial charge in [0.25, 0.3) is 10.2 Å². The summed E-state index contributed by atoms with van der Waals surface area (Å²) in [7, 11) is -3.82. The number of halogens is 3. The fourth-order valence-corrected chi connectivity index (χ4v) is 7.33. The number of alkyl halides is 1. The molecule has 1 saturated heterocycles. The first-order valence-electron chi connectivity index (χ1n) is 13.4. The molecule has 222 valence electrons. The van der Waals surface area contributed by atoms with Crippen molar-refractivity contribution in [3.63, 3.8) is 0 Å². The van der Waals surface area contributed by atoms with Gasteiger partial charge in [0.2, 0.25) is 5.75 Å². The zero-order valence-electron chi connectivity index (χ0n) is 22.2. The maximum Gasteiger partial charge on any atom is 0.316 e. The Hall–Kier alpha value is -3.53. The van der Waals surface area contributed by atoms with Gasteiger partial charge >= 0.3 is 5.56 Å². The predicted molar refractivity (Wildman–Crippen MR) is 152 cm³/mol. The van der Waals surface area contributed by atoms with E-state index >= 15 is 0 Å². The van der Waals surface area contributed by atoms with Crippen molar-refractivity contribution in [3.05, 3.63) is 75.7 Å². The number of thiazole rings is 1. The van der Waals surface area contributed by atoms with E-state index in [4.69, 9.17) is 4.74 Å². The Labute approximate surface area is 243 Å².